The molecule has 4 nitrogen and oxygen atoms in total. The zero-order valence-electron chi connectivity index (χ0n) is 13.9. The Morgan fingerprint density at radius 3 is 2.50 bits per heavy atom. The number of carbonyl (C=O) groups excluding carboxylic acids is 2. The first-order valence-corrected chi connectivity index (χ1v) is 7.81. The summed E-state index contributed by atoms with van der Waals surface area (Å²) in [5.74, 6) is -0.463. The van der Waals surface area contributed by atoms with Gasteiger partial charge < -0.3 is 9.64 Å². The van der Waals surface area contributed by atoms with Crippen LogP contribution < -0.4 is 0 Å². The van der Waals surface area contributed by atoms with E-state index in [0.717, 1.165) is 12.0 Å². The number of benzene rings is 1. The van der Waals surface area contributed by atoms with Gasteiger partial charge in [0.25, 0.3) is 0 Å². The number of aryl methyl sites for hydroxylation is 1. The number of nitrogens with zero attached hydrogens (tertiary/aromatic N) is 1. The number of hydrogen-bond acceptors (Lipinski definition) is 3. The summed E-state index contributed by atoms with van der Waals surface area (Å²) in [6, 6.07) is 8.19. The molecule has 1 aromatic rings. The number of amides is 1. The van der Waals surface area contributed by atoms with Gasteiger partial charge in [-0.2, -0.15) is 0 Å². The van der Waals surface area contributed by atoms with Crippen molar-refractivity contribution < 1.29 is 14.3 Å². The summed E-state index contributed by atoms with van der Waals surface area (Å²) in [6.07, 6.45) is 0.907. The van der Waals surface area contributed by atoms with E-state index in [1.165, 1.54) is 5.56 Å². The Bertz CT molecular complexity index is 542. The molecule has 1 unspecified atom stereocenters. The molecule has 1 aliphatic rings. The minimum absolute atomic E-state index is 0.0615. The molecule has 1 aliphatic heterocycles. The van der Waals surface area contributed by atoms with Gasteiger partial charge >= 0.3 is 5.97 Å². The van der Waals surface area contributed by atoms with E-state index in [-0.39, 0.29) is 24.2 Å². The molecular formula is C18H25NO3. The van der Waals surface area contributed by atoms with Crippen LogP contribution in [0, 0.1) is 12.8 Å². The summed E-state index contributed by atoms with van der Waals surface area (Å²) in [5, 5.41) is 0. The Balaban J connectivity index is 1.89. The number of carbonyl (C=O) groups is 2. The molecule has 4 heteroatoms. The molecule has 1 saturated heterocycles. The van der Waals surface area contributed by atoms with E-state index in [4.69, 9.17) is 4.74 Å². The number of rotatable bonds is 4. The van der Waals surface area contributed by atoms with E-state index in [0.29, 0.717) is 13.1 Å². The lowest BCUT2D eigenvalue weighted by Crippen LogP contribution is -2.30. The Morgan fingerprint density at radius 2 is 1.91 bits per heavy atom. The van der Waals surface area contributed by atoms with Gasteiger partial charge in [0.2, 0.25) is 5.91 Å². The van der Waals surface area contributed by atoms with E-state index in [1.807, 2.05) is 56.9 Å². The highest BCUT2D eigenvalue weighted by Gasteiger charge is 2.34. The summed E-state index contributed by atoms with van der Waals surface area (Å²) >= 11 is 0. The van der Waals surface area contributed by atoms with Crippen molar-refractivity contribution in [3.8, 4) is 0 Å². The second-order valence-corrected chi connectivity index (χ2v) is 7.02. The van der Waals surface area contributed by atoms with Crippen LogP contribution in [0.4, 0.5) is 0 Å². The van der Waals surface area contributed by atoms with Crippen LogP contribution in [0.25, 0.3) is 0 Å². The van der Waals surface area contributed by atoms with E-state index >= 15 is 0 Å². The van der Waals surface area contributed by atoms with Crippen molar-refractivity contribution in [3.63, 3.8) is 0 Å². The monoisotopic (exact) mass is 303 g/mol. The highest BCUT2D eigenvalue weighted by molar-refractivity contribution is 5.85. The van der Waals surface area contributed by atoms with Crippen LogP contribution in [-0.2, 0) is 20.9 Å². The van der Waals surface area contributed by atoms with Crippen LogP contribution in [0.3, 0.4) is 0 Å². The Kier molecular flexibility index (Phi) is 4.89. The average Bonchev–Trinajstić information content (AvgIpc) is 2.72. The van der Waals surface area contributed by atoms with Crippen molar-refractivity contribution in [3.05, 3.63) is 35.4 Å². The molecule has 1 heterocycles. The molecule has 0 N–H and O–H groups in total. The molecular weight excluding hydrogens is 278 g/mol. The summed E-state index contributed by atoms with van der Waals surface area (Å²) < 4.78 is 5.30. The number of ether oxygens (including phenoxy) is 1. The van der Waals surface area contributed by atoms with Crippen LogP contribution in [-0.4, -0.2) is 28.9 Å². The van der Waals surface area contributed by atoms with E-state index in [9.17, 15) is 9.59 Å². The van der Waals surface area contributed by atoms with E-state index in [2.05, 4.69) is 0 Å². The van der Waals surface area contributed by atoms with Gasteiger partial charge in [-0.1, -0.05) is 29.8 Å². The van der Waals surface area contributed by atoms with Gasteiger partial charge in [0.1, 0.15) is 5.60 Å². The number of hydrogen-bond donors (Lipinski definition) is 0. The number of likely N-dealkylation sites (tertiary alicyclic amines) is 1. The van der Waals surface area contributed by atoms with Crippen LogP contribution in [0.1, 0.15) is 44.7 Å². The van der Waals surface area contributed by atoms with Crippen LogP contribution in [0.15, 0.2) is 24.3 Å². The van der Waals surface area contributed by atoms with Gasteiger partial charge in [0, 0.05) is 13.1 Å². The quantitative estimate of drug-likeness (QED) is 0.803. The molecule has 0 spiro atoms. The fraction of sp³-hybridized carbons (Fsp3) is 0.556. The third-order valence-corrected chi connectivity index (χ3v) is 3.74. The molecule has 0 aromatic heterocycles. The zero-order valence-corrected chi connectivity index (χ0v) is 13.9. The highest BCUT2D eigenvalue weighted by Crippen LogP contribution is 2.24. The van der Waals surface area contributed by atoms with Gasteiger partial charge in [0.05, 0.1) is 12.3 Å². The molecule has 1 amide bonds. The third-order valence-electron chi connectivity index (χ3n) is 3.74. The van der Waals surface area contributed by atoms with Gasteiger partial charge in [-0.25, -0.2) is 0 Å². The minimum Gasteiger partial charge on any atom is -0.460 e. The van der Waals surface area contributed by atoms with E-state index < -0.39 is 5.60 Å². The Labute approximate surface area is 132 Å². The van der Waals surface area contributed by atoms with Crippen molar-refractivity contribution >= 4 is 11.9 Å². The lowest BCUT2D eigenvalue weighted by atomic mass is 10.0. The molecule has 1 atom stereocenters. The van der Waals surface area contributed by atoms with Gasteiger partial charge in [0.15, 0.2) is 0 Å². The van der Waals surface area contributed by atoms with Crippen LogP contribution in [0.2, 0.25) is 0 Å². The fourth-order valence-corrected chi connectivity index (χ4v) is 2.65. The van der Waals surface area contributed by atoms with Crippen LogP contribution >= 0.6 is 0 Å². The highest BCUT2D eigenvalue weighted by atomic mass is 16.6. The number of esters is 1. The summed E-state index contributed by atoms with van der Waals surface area (Å²) in [6.45, 7) is 8.88. The molecule has 120 valence electrons. The smallest absolute Gasteiger partial charge is 0.307 e. The normalized spacial score (nSPS) is 18.6. The maximum Gasteiger partial charge on any atom is 0.307 e. The summed E-state index contributed by atoms with van der Waals surface area (Å²) in [4.78, 5) is 26.1. The second-order valence-electron chi connectivity index (χ2n) is 7.02. The first-order valence-electron chi connectivity index (χ1n) is 7.81. The zero-order chi connectivity index (χ0) is 16.3. The van der Waals surface area contributed by atoms with Crippen molar-refractivity contribution in [2.24, 2.45) is 5.92 Å². The average molecular weight is 303 g/mol. The molecule has 1 aromatic carbocycles. The van der Waals surface area contributed by atoms with Gasteiger partial charge in [-0.05, 0) is 39.7 Å². The maximum absolute atomic E-state index is 12.4. The van der Waals surface area contributed by atoms with Crippen LogP contribution in [0.5, 0.6) is 0 Å². The standard InChI is InChI=1S/C18H25NO3/c1-13-5-7-14(8-6-13)12-19-10-9-15(17(19)21)11-16(20)22-18(2,3)4/h5-8,15H,9-12H2,1-4H3. The molecule has 2 rings (SSSR count). The van der Waals surface area contributed by atoms with Crippen molar-refractivity contribution in [2.45, 2.75) is 52.7 Å². The lowest BCUT2D eigenvalue weighted by molar-refractivity contribution is -0.157. The predicted octanol–water partition coefficient (Wildman–Crippen LogP) is 3.08. The molecule has 0 radical (unpaired) electrons. The van der Waals surface area contributed by atoms with Crippen molar-refractivity contribution in [1.29, 1.82) is 0 Å². The van der Waals surface area contributed by atoms with Crippen molar-refractivity contribution in [2.75, 3.05) is 6.54 Å². The molecule has 0 saturated carbocycles. The molecule has 0 bridgehead atoms. The summed E-state index contributed by atoms with van der Waals surface area (Å²) in [5.41, 5.74) is 1.83. The lowest BCUT2D eigenvalue weighted by Gasteiger charge is -2.21. The molecule has 22 heavy (non-hydrogen) atoms. The third kappa shape index (κ3) is 4.58. The van der Waals surface area contributed by atoms with Crippen molar-refractivity contribution in [1.82, 2.24) is 4.90 Å². The van der Waals surface area contributed by atoms with Gasteiger partial charge in [-0.15, -0.1) is 0 Å². The molecule has 0 aliphatic carbocycles. The minimum atomic E-state index is -0.500. The topological polar surface area (TPSA) is 46.6 Å². The first-order chi connectivity index (χ1) is 10.2. The Morgan fingerprint density at radius 1 is 1.27 bits per heavy atom. The second kappa shape index (κ2) is 6.51. The van der Waals surface area contributed by atoms with Gasteiger partial charge in [-0.3, -0.25) is 9.59 Å². The first kappa shape index (κ1) is 16.5. The predicted molar refractivity (Wildman–Crippen MR) is 85.2 cm³/mol. The Hall–Kier alpha value is -1.84. The fourth-order valence-electron chi connectivity index (χ4n) is 2.65. The van der Waals surface area contributed by atoms with E-state index in [1.54, 1.807) is 0 Å². The summed E-state index contributed by atoms with van der Waals surface area (Å²) in [7, 11) is 0. The largest absolute Gasteiger partial charge is 0.460 e. The molecule has 1 fully saturated rings. The maximum atomic E-state index is 12.4. The SMILES string of the molecule is Cc1ccc(CN2CCC(CC(=O)OC(C)(C)C)C2=O)cc1.